The van der Waals surface area contributed by atoms with E-state index in [1.54, 1.807) is 6.07 Å². The zero-order chi connectivity index (χ0) is 25.6. The van der Waals surface area contributed by atoms with Crippen LogP contribution in [0, 0.1) is 11.8 Å². The lowest BCUT2D eigenvalue weighted by molar-refractivity contribution is -0.0218. The van der Waals surface area contributed by atoms with Crippen LogP contribution in [0.1, 0.15) is 72.9 Å². The lowest BCUT2D eigenvalue weighted by Crippen LogP contribution is -2.44. The summed E-state index contributed by atoms with van der Waals surface area (Å²) in [6, 6.07) is 14.3. The Morgan fingerprint density at radius 3 is 2.68 bits per heavy atom. The van der Waals surface area contributed by atoms with Gasteiger partial charge in [-0.05, 0) is 79.7 Å². The zero-order valence-corrected chi connectivity index (χ0v) is 22.7. The minimum Gasteiger partial charge on any atom is -0.491 e. The molecule has 6 nitrogen and oxygen atoms in total. The van der Waals surface area contributed by atoms with Crippen molar-refractivity contribution in [1.29, 1.82) is 0 Å². The normalized spacial score (nSPS) is 25.9. The monoisotopic (exact) mass is 523 g/mol. The van der Waals surface area contributed by atoms with Gasteiger partial charge in [0.2, 0.25) is 0 Å². The SMILES string of the molecule is COC1CCCCC[S-](=O)=NC(=O)c2ccc3c(c2)N(Cc2ccccc2CCCCO3)CC2CCC21. The van der Waals surface area contributed by atoms with Crippen molar-refractivity contribution in [2.45, 2.75) is 70.4 Å². The number of methoxy groups -OCH3 is 1. The molecule has 0 radical (unpaired) electrons. The van der Waals surface area contributed by atoms with E-state index in [0.29, 0.717) is 29.8 Å². The highest BCUT2D eigenvalue weighted by Crippen LogP contribution is 2.42. The lowest BCUT2D eigenvalue weighted by Gasteiger charge is -2.44. The molecule has 5 rings (SSSR count). The van der Waals surface area contributed by atoms with Crippen LogP contribution in [0.15, 0.2) is 46.8 Å². The molecule has 1 aliphatic carbocycles. The quantitative estimate of drug-likeness (QED) is 0.410. The Morgan fingerprint density at radius 1 is 1.00 bits per heavy atom. The van der Waals surface area contributed by atoms with Crippen molar-refractivity contribution in [2.75, 3.05) is 30.9 Å². The first-order valence-electron chi connectivity index (χ1n) is 13.9. The third-order valence-corrected chi connectivity index (χ3v) is 9.34. The van der Waals surface area contributed by atoms with Gasteiger partial charge in [-0.15, -0.1) is 0 Å². The summed E-state index contributed by atoms with van der Waals surface area (Å²) in [6.07, 6.45) is 9.57. The maximum Gasteiger partial charge on any atom is 0.254 e. The number of anilines is 1. The molecule has 3 aliphatic rings. The molecule has 7 heteroatoms. The van der Waals surface area contributed by atoms with Crippen molar-refractivity contribution in [3.05, 3.63) is 59.2 Å². The summed E-state index contributed by atoms with van der Waals surface area (Å²) >= 11 is 0. The highest BCUT2D eigenvalue weighted by molar-refractivity contribution is 7.75. The van der Waals surface area contributed by atoms with Crippen molar-refractivity contribution >= 4 is 22.2 Å². The van der Waals surface area contributed by atoms with Gasteiger partial charge in [0.1, 0.15) is 5.75 Å². The smallest absolute Gasteiger partial charge is 0.254 e. The molecule has 200 valence electrons. The van der Waals surface area contributed by atoms with E-state index in [-0.39, 0.29) is 6.10 Å². The van der Waals surface area contributed by atoms with Gasteiger partial charge in [-0.25, -0.2) is 0 Å². The van der Waals surface area contributed by atoms with Crippen LogP contribution in [0.3, 0.4) is 0 Å². The molecule has 2 bridgehead atoms. The van der Waals surface area contributed by atoms with Crippen LogP contribution in [0.5, 0.6) is 5.75 Å². The molecular formula is C30H39N2O4S-. The van der Waals surface area contributed by atoms with Gasteiger partial charge in [0.15, 0.2) is 0 Å². The molecule has 0 saturated heterocycles. The fourth-order valence-electron chi connectivity index (χ4n) is 6.07. The molecule has 2 aliphatic heterocycles. The second-order valence-corrected chi connectivity index (χ2v) is 11.9. The average Bonchev–Trinajstić information content (AvgIpc) is 2.92. The van der Waals surface area contributed by atoms with Gasteiger partial charge in [-0.1, -0.05) is 49.3 Å². The molecule has 2 heterocycles. The molecule has 3 unspecified atom stereocenters. The number of amides is 1. The Balaban J connectivity index is 1.57. The van der Waals surface area contributed by atoms with Gasteiger partial charge in [0, 0.05) is 25.8 Å². The van der Waals surface area contributed by atoms with Crippen molar-refractivity contribution in [3.8, 4) is 5.75 Å². The maximum absolute atomic E-state index is 13.0. The summed E-state index contributed by atoms with van der Waals surface area (Å²) in [5.74, 6) is 1.87. The number of carbonyl (C=O) groups is 1. The summed E-state index contributed by atoms with van der Waals surface area (Å²) in [7, 11) is 0.334. The summed E-state index contributed by atoms with van der Waals surface area (Å²) < 4.78 is 28.8. The first kappa shape index (κ1) is 26.2. The molecular weight excluding hydrogens is 484 g/mol. The van der Waals surface area contributed by atoms with Crippen molar-refractivity contribution in [1.82, 2.24) is 0 Å². The molecule has 1 fully saturated rings. The van der Waals surface area contributed by atoms with Gasteiger partial charge in [-0.3, -0.25) is 4.79 Å². The van der Waals surface area contributed by atoms with E-state index in [2.05, 4.69) is 33.5 Å². The average molecular weight is 524 g/mol. The molecule has 2 aromatic carbocycles. The molecule has 0 N–H and O–H groups in total. The fraction of sp³-hybridized carbons (Fsp3) is 0.567. The molecule has 0 spiro atoms. The number of hydrogen-bond donors (Lipinski definition) is 0. The molecule has 3 atom stereocenters. The Morgan fingerprint density at radius 2 is 1.86 bits per heavy atom. The number of carbonyl (C=O) groups excluding carboxylic acids is 1. The van der Waals surface area contributed by atoms with E-state index in [4.69, 9.17) is 9.47 Å². The van der Waals surface area contributed by atoms with Gasteiger partial charge in [-0.2, -0.15) is 10.6 Å². The van der Waals surface area contributed by atoms with E-state index in [1.807, 2.05) is 19.2 Å². The number of nitrogens with zero attached hydrogens (tertiary/aromatic N) is 2. The Bertz CT molecular complexity index is 1180. The highest BCUT2D eigenvalue weighted by atomic mass is 32.2. The number of hydrogen-bond acceptors (Lipinski definition) is 6. The number of ether oxygens (including phenoxy) is 2. The molecule has 1 saturated carbocycles. The Kier molecular flexibility index (Phi) is 8.82. The van der Waals surface area contributed by atoms with Crippen molar-refractivity contribution in [2.24, 2.45) is 16.2 Å². The van der Waals surface area contributed by atoms with E-state index in [1.165, 1.54) is 24.0 Å². The zero-order valence-electron chi connectivity index (χ0n) is 21.9. The van der Waals surface area contributed by atoms with Gasteiger partial charge in [0.05, 0.1) is 18.4 Å². The highest BCUT2D eigenvalue weighted by Gasteiger charge is 2.38. The third-order valence-electron chi connectivity index (χ3n) is 8.33. The summed E-state index contributed by atoms with van der Waals surface area (Å²) in [5, 5.41) is 0. The topological polar surface area (TPSA) is 68.2 Å². The van der Waals surface area contributed by atoms with E-state index in [0.717, 1.165) is 69.5 Å². The van der Waals surface area contributed by atoms with Crippen molar-refractivity contribution in [3.63, 3.8) is 0 Å². The van der Waals surface area contributed by atoms with E-state index in [9.17, 15) is 9.00 Å². The number of fused-ring (bicyclic) bond motifs is 3. The van der Waals surface area contributed by atoms with Crippen LogP contribution in [0.4, 0.5) is 5.69 Å². The second kappa shape index (κ2) is 12.4. The fourth-order valence-corrected chi connectivity index (χ4v) is 6.90. The predicted octanol–water partition coefficient (Wildman–Crippen LogP) is 6.31. The lowest BCUT2D eigenvalue weighted by atomic mass is 9.69. The molecule has 37 heavy (non-hydrogen) atoms. The summed E-state index contributed by atoms with van der Waals surface area (Å²) in [6.45, 7) is 2.28. The first-order valence-corrected chi connectivity index (χ1v) is 15.2. The third kappa shape index (κ3) is 6.37. The summed E-state index contributed by atoms with van der Waals surface area (Å²) in [5.41, 5.74) is 4.10. The van der Waals surface area contributed by atoms with Crippen molar-refractivity contribution < 1.29 is 18.5 Å². The molecule has 2 aromatic rings. The van der Waals surface area contributed by atoms with E-state index >= 15 is 0 Å². The van der Waals surface area contributed by atoms with Gasteiger partial charge >= 0.3 is 0 Å². The number of rotatable bonds is 1. The minimum atomic E-state index is -1.51. The van der Waals surface area contributed by atoms with Gasteiger partial charge in [0.25, 0.3) is 5.91 Å². The predicted molar refractivity (Wildman–Crippen MR) is 148 cm³/mol. The van der Waals surface area contributed by atoms with Crippen LogP contribution in [-0.4, -0.2) is 38.0 Å². The number of benzene rings is 2. The van der Waals surface area contributed by atoms with E-state index < -0.39 is 16.5 Å². The van der Waals surface area contributed by atoms with Crippen LogP contribution < -0.4 is 9.64 Å². The van der Waals surface area contributed by atoms with Gasteiger partial charge < -0.3 is 22.9 Å². The molecule has 1 amide bonds. The minimum absolute atomic E-state index is 0.252. The first-order chi connectivity index (χ1) is 18.1. The van der Waals surface area contributed by atoms with Crippen LogP contribution in [0.25, 0.3) is 0 Å². The van der Waals surface area contributed by atoms with Crippen LogP contribution >= 0.6 is 0 Å². The maximum atomic E-state index is 13.0. The van der Waals surface area contributed by atoms with Crippen LogP contribution in [-0.2, 0) is 32.5 Å². The Hall–Kier alpha value is -2.38. The number of aryl methyl sites for hydroxylation is 1. The largest absolute Gasteiger partial charge is 0.491 e. The standard InChI is InChI=1S/C30H39N2O4S/c1-35-28-12-3-2-8-18-37(34)31-30(33)23-14-16-29-27(19-23)32(21-25-13-15-26(25)28)20-24-11-5-4-9-22(24)10-6-7-17-36-29/h4-5,9,11,14,16,19,25-26,28H,2-3,6-8,10,12-13,15,17-18,20-21H2,1H3/q-1. The molecule has 0 aromatic heterocycles. The second-order valence-electron chi connectivity index (χ2n) is 10.7. The van der Waals surface area contributed by atoms with Crippen LogP contribution in [0.2, 0.25) is 0 Å². The summed E-state index contributed by atoms with van der Waals surface area (Å²) in [4.78, 5) is 15.4. The Labute approximate surface area is 222 Å².